The number of amides is 2. The molecule has 11 heteroatoms. The molecular weight excluding hydrogens is 510 g/mol. The first kappa shape index (κ1) is 26.3. The maximum Gasteiger partial charge on any atom is 0.407 e. The van der Waals surface area contributed by atoms with Gasteiger partial charge in [-0.3, -0.25) is 4.79 Å². The Balaban J connectivity index is 1.28. The first-order chi connectivity index (χ1) is 19.1. The molecule has 2 amide bonds. The quantitative estimate of drug-likeness (QED) is 0.475. The fourth-order valence-electron chi connectivity index (χ4n) is 5.80. The van der Waals surface area contributed by atoms with E-state index in [4.69, 9.17) is 14.7 Å². The van der Waals surface area contributed by atoms with Crippen molar-refractivity contribution in [2.75, 3.05) is 31.1 Å². The van der Waals surface area contributed by atoms with E-state index in [1.807, 2.05) is 37.6 Å². The second-order valence-electron chi connectivity index (χ2n) is 12.4. The highest BCUT2D eigenvalue weighted by molar-refractivity contribution is 5.85. The van der Waals surface area contributed by atoms with Gasteiger partial charge in [0.2, 0.25) is 11.8 Å². The fourth-order valence-corrected chi connectivity index (χ4v) is 5.80. The smallest absolute Gasteiger partial charge is 0.407 e. The van der Waals surface area contributed by atoms with Crippen LogP contribution < -0.4 is 15.0 Å². The number of nitrogens with zero attached hydrogens (tertiary/aromatic N) is 6. The van der Waals surface area contributed by atoms with E-state index in [1.165, 1.54) is 0 Å². The van der Waals surface area contributed by atoms with E-state index in [1.54, 1.807) is 4.90 Å². The van der Waals surface area contributed by atoms with Gasteiger partial charge in [0, 0.05) is 56.3 Å². The van der Waals surface area contributed by atoms with Crippen LogP contribution in [0.4, 0.5) is 10.6 Å². The third-order valence-corrected chi connectivity index (χ3v) is 8.42. The molecule has 2 N–H and O–H groups in total. The number of carbonyl (C=O) groups is 2. The Morgan fingerprint density at radius 3 is 2.62 bits per heavy atom. The van der Waals surface area contributed by atoms with Crippen molar-refractivity contribution in [1.29, 1.82) is 0 Å². The lowest BCUT2D eigenvalue weighted by molar-refractivity contribution is -0.119. The van der Waals surface area contributed by atoms with E-state index in [-0.39, 0.29) is 29.4 Å². The van der Waals surface area contributed by atoms with Crippen molar-refractivity contribution in [3.8, 4) is 17.1 Å². The number of nitrogens with one attached hydrogen (secondary N) is 1. The molecule has 3 aliphatic rings. The summed E-state index contributed by atoms with van der Waals surface area (Å²) in [6.07, 6.45) is 5.30. The van der Waals surface area contributed by atoms with Crippen LogP contribution in [0.3, 0.4) is 0 Å². The average Bonchev–Trinajstić information content (AvgIpc) is 3.52. The van der Waals surface area contributed by atoms with Crippen LogP contribution in [0.25, 0.3) is 22.3 Å². The highest BCUT2D eigenvalue weighted by Gasteiger charge is 2.38. The van der Waals surface area contributed by atoms with Crippen molar-refractivity contribution in [3.63, 3.8) is 0 Å². The number of ether oxygens (including phenoxy) is 1. The third kappa shape index (κ3) is 5.04. The lowest BCUT2D eigenvalue weighted by Crippen LogP contribution is -2.59. The summed E-state index contributed by atoms with van der Waals surface area (Å²) in [5.41, 5.74) is 3.08. The minimum atomic E-state index is -0.878. The number of fused-ring (bicyclic) bond motifs is 1. The number of hydrogen-bond donors (Lipinski definition) is 2. The van der Waals surface area contributed by atoms with E-state index in [2.05, 4.69) is 40.5 Å². The molecule has 3 aromatic heterocycles. The van der Waals surface area contributed by atoms with Gasteiger partial charge in [-0.25, -0.2) is 19.7 Å². The zero-order valence-corrected chi connectivity index (χ0v) is 23.5. The Labute approximate surface area is 233 Å². The predicted molar refractivity (Wildman–Crippen MR) is 150 cm³/mol. The van der Waals surface area contributed by atoms with E-state index >= 15 is 0 Å². The Kier molecular flexibility index (Phi) is 6.54. The molecule has 3 aromatic rings. The van der Waals surface area contributed by atoms with Gasteiger partial charge in [0.15, 0.2) is 0 Å². The molecule has 2 aliphatic heterocycles. The molecule has 40 heavy (non-hydrogen) atoms. The highest BCUT2D eigenvalue weighted by atomic mass is 16.5. The van der Waals surface area contributed by atoms with Crippen molar-refractivity contribution >= 4 is 28.9 Å². The summed E-state index contributed by atoms with van der Waals surface area (Å²) >= 11 is 0. The molecule has 2 saturated heterocycles. The third-order valence-electron chi connectivity index (χ3n) is 8.42. The van der Waals surface area contributed by atoms with Crippen molar-refractivity contribution in [2.24, 2.45) is 11.3 Å². The average molecular weight is 548 g/mol. The van der Waals surface area contributed by atoms with Gasteiger partial charge in [0.25, 0.3) is 0 Å². The number of carboxylic acid groups (broad SMARTS) is 1. The summed E-state index contributed by atoms with van der Waals surface area (Å²) in [4.78, 5) is 41.7. The number of anilines is 1. The summed E-state index contributed by atoms with van der Waals surface area (Å²) in [5, 5.41) is 12.6. The molecule has 212 valence electrons. The molecule has 5 heterocycles. The van der Waals surface area contributed by atoms with Gasteiger partial charge < -0.3 is 29.5 Å². The second-order valence-corrected chi connectivity index (χ2v) is 12.4. The minimum absolute atomic E-state index is 0.0553. The maximum absolute atomic E-state index is 11.8. The molecule has 0 spiro atoms. The Hall–Kier alpha value is -3.89. The van der Waals surface area contributed by atoms with E-state index in [0.29, 0.717) is 44.5 Å². The first-order valence-electron chi connectivity index (χ1n) is 14.1. The van der Waals surface area contributed by atoms with E-state index in [0.717, 1.165) is 41.0 Å². The minimum Gasteiger partial charge on any atom is -0.473 e. The molecular formula is C29H37N7O4. The molecule has 11 nitrogen and oxygen atoms in total. The van der Waals surface area contributed by atoms with Crippen LogP contribution >= 0.6 is 0 Å². The number of aromatic nitrogens is 4. The number of pyridine rings is 2. The highest BCUT2D eigenvalue weighted by Crippen LogP contribution is 2.40. The lowest BCUT2D eigenvalue weighted by atomic mass is 9.84. The monoisotopic (exact) mass is 547 g/mol. The Bertz CT molecular complexity index is 1430. The largest absolute Gasteiger partial charge is 0.473 e. The number of carbonyl (C=O) groups excluding carboxylic acids is 1. The van der Waals surface area contributed by atoms with Crippen molar-refractivity contribution < 1.29 is 19.4 Å². The SMILES string of the molecule is C[C@@H](Oc1nc(-c2ccc(N3CCN(C(=O)O)C(C(C)(C)C)C3)nc2)cc2ncn(C3CC3)c12)C1CNC(=O)C1. The topological polar surface area (TPSA) is 126 Å². The first-order valence-corrected chi connectivity index (χ1v) is 14.1. The van der Waals surface area contributed by atoms with Crippen LogP contribution in [0.2, 0.25) is 0 Å². The zero-order valence-electron chi connectivity index (χ0n) is 23.5. The molecule has 2 unspecified atom stereocenters. The molecule has 1 aliphatic carbocycles. The molecule has 1 saturated carbocycles. The van der Waals surface area contributed by atoms with Crippen molar-refractivity contribution in [1.82, 2.24) is 29.7 Å². The molecule has 3 atom stereocenters. The van der Waals surface area contributed by atoms with Gasteiger partial charge in [-0.1, -0.05) is 20.8 Å². The summed E-state index contributed by atoms with van der Waals surface area (Å²) in [6, 6.07) is 6.22. The fraction of sp³-hybridized carbons (Fsp3) is 0.552. The van der Waals surface area contributed by atoms with Gasteiger partial charge in [-0.15, -0.1) is 0 Å². The Morgan fingerprint density at radius 2 is 2.00 bits per heavy atom. The summed E-state index contributed by atoms with van der Waals surface area (Å²) in [7, 11) is 0. The number of piperazine rings is 1. The van der Waals surface area contributed by atoms with Crippen LogP contribution in [0, 0.1) is 11.3 Å². The predicted octanol–water partition coefficient (Wildman–Crippen LogP) is 3.95. The van der Waals surface area contributed by atoms with Crippen molar-refractivity contribution in [3.05, 3.63) is 30.7 Å². The number of hydrogen-bond acceptors (Lipinski definition) is 7. The lowest BCUT2D eigenvalue weighted by Gasteiger charge is -2.46. The number of imidazole rings is 1. The van der Waals surface area contributed by atoms with Gasteiger partial charge in [0.1, 0.15) is 17.4 Å². The van der Waals surface area contributed by atoms with Crippen LogP contribution in [-0.2, 0) is 4.79 Å². The summed E-state index contributed by atoms with van der Waals surface area (Å²) < 4.78 is 8.61. The van der Waals surface area contributed by atoms with Crippen LogP contribution in [0.5, 0.6) is 5.88 Å². The summed E-state index contributed by atoms with van der Waals surface area (Å²) in [6.45, 7) is 10.4. The molecule has 6 rings (SSSR count). The van der Waals surface area contributed by atoms with Crippen LogP contribution in [0.15, 0.2) is 30.7 Å². The second kappa shape index (κ2) is 9.94. The standard InChI is InChI=1S/C29H37N7O4/c1-17(19-11-25(37)31-14-19)40-27-26-22(32-16-36(26)20-6-7-20)12-21(33-27)18-5-8-24(30-13-18)34-9-10-35(28(38)39)23(15-34)29(2,3)4/h5,8,12-13,16-17,19-20,23H,6-7,9-11,14-15H2,1-4H3,(H,31,37)(H,38,39)/t17-,19?,23?/m1/s1. The van der Waals surface area contributed by atoms with E-state index in [9.17, 15) is 14.7 Å². The van der Waals surface area contributed by atoms with Gasteiger partial charge in [-0.05, 0) is 43.4 Å². The maximum atomic E-state index is 11.8. The molecule has 0 radical (unpaired) electrons. The van der Waals surface area contributed by atoms with Crippen LogP contribution in [-0.4, -0.2) is 79.9 Å². The van der Waals surface area contributed by atoms with Crippen LogP contribution in [0.1, 0.15) is 53.0 Å². The van der Waals surface area contributed by atoms with Crippen molar-refractivity contribution in [2.45, 2.75) is 65.1 Å². The molecule has 3 fully saturated rings. The van der Waals surface area contributed by atoms with Gasteiger partial charge >= 0.3 is 6.09 Å². The molecule has 0 aromatic carbocycles. The Morgan fingerprint density at radius 1 is 1.20 bits per heavy atom. The number of rotatable bonds is 6. The summed E-state index contributed by atoms with van der Waals surface area (Å²) in [5.74, 6) is 1.49. The normalized spacial score (nSPS) is 22.4. The van der Waals surface area contributed by atoms with E-state index < -0.39 is 6.09 Å². The van der Waals surface area contributed by atoms with Gasteiger partial charge in [0.05, 0.1) is 23.6 Å². The van der Waals surface area contributed by atoms with Gasteiger partial charge in [-0.2, -0.15) is 0 Å². The zero-order chi connectivity index (χ0) is 28.2. The molecule has 0 bridgehead atoms.